The zero-order valence-corrected chi connectivity index (χ0v) is 22.7. The summed E-state index contributed by atoms with van der Waals surface area (Å²) < 4.78 is 10.4. The molecule has 3 N–H and O–H groups in total. The van der Waals surface area contributed by atoms with Gasteiger partial charge in [-0.3, -0.25) is 9.59 Å². The van der Waals surface area contributed by atoms with Gasteiger partial charge in [0.1, 0.15) is 18.2 Å². The molecule has 3 amide bonds. The van der Waals surface area contributed by atoms with Crippen molar-refractivity contribution in [1.82, 2.24) is 16.0 Å². The average molecular weight is 524 g/mol. The van der Waals surface area contributed by atoms with E-state index in [1.165, 1.54) is 14.0 Å². The quantitative estimate of drug-likeness (QED) is 0.382. The summed E-state index contributed by atoms with van der Waals surface area (Å²) in [5.41, 5.74) is -1.04. The van der Waals surface area contributed by atoms with Crippen molar-refractivity contribution in [3.8, 4) is 0 Å². The molecule has 0 aromatic heterocycles. The first kappa shape index (κ1) is 29.4. The number of methoxy groups -OCH3 is 1. The zero-order chi connectivity index (χ0) is 27.1. The molecule has 0 bridgehead atoms. The Balaban J connectivity index is 2.09. The van der Waals surface area contributed by atoms with Gasteiger partial charge < -0.3 is 25.4 Å². The summed E-state index contributed by atoms with van der Waals surface area (Å²) in [6, 6.07) is 6.37. The van der Waals surface area contributed by atoms with Crippen LogP contribution in [0.1, 0.15) is 59.4 Å². The van der Waals surface area contributed by atoms with Gasteiger partial charge in [-0.1, -0.05) is 51.4 Å². The molecule has 2 rings (SSSR count). The number of carbonyl (C=O) groups is 4. The van der Waals surface area contributed by atoms with Gasteiger partial charge in [0.15, 0.2) is 0 Å². The Hall–Kier alpha value is -2.81. The molecule has 10 heteroatoms. The summed E-state index contributed by atoms with van der Waals surface area (Å²) in [4.78, 5) is 50.6. The van der Waals surface area contributed by atoms with Crippen molar-refractivity contribution in [2.75, 3.05) is 20.3 Å². The smallest absolute Gasteiger partial charge is 0.407 e. The summed E-state index contributed by atoms with van der Waals surface area (Å²) in [5, 5.41) is 8.68. The summed E-state index contributed by atoms with van der Waals surface area (Å²) >= 11 is 6.09. The van der Waals surface area contributed by atoms with Gasteiger partial charge in [0, 0.05) is 22.9 Å². The molecule has 1 aliphatic rings. The van der Waals surface area contributed by atoms with Crippen LogP contribution in [0.3, 0.4) is 0 Å². The summed E-state index contributed by atoms with van der Waals surface area (Å²) in [6.07, 6.45) is 0.216. The van der Waals surface area contributed by atoms with Crippen LogP contribution in [-0.2, 0) is 29.3 Å². The molecule has 1 saturated heterocycles. The first-order valence-corrected chi connectivity index (χ1v) is 12.5. The Morgan fingerprint density at radius 3 is 2.47 bits per heavy atom. The molecule has 0 saturated carbocycles. The summed E-state index contributed by atoms with van der Waals surface area (Å²) in [6.45, 7) is 9.78. The molecular weight excluding hydrogens is 486 g/mol. The Labute approximate surface area is 218 Å². The fourth-order valence-electron chi connectivity index (χ4n) is 4.23. The topological polar surface area (TPSA) is 123 Å². The molecule has 200 valence electrons. The monoisotopic (exact) mass is 523 g/mol. The van der Waals surface area contributed by atoms with Gasteiger partial charge in [-0.05, 0) is 49.8 Å². The molecule has 9 nitrogen and oxygen atoms in total. The first-order chi connectivity index (χ1) is 16.8. The highest BCUT2D eigenvalue weighted by Crippen LogP contribution is 2.26. The van der Waals surface area contributed by atoms with Crippen molar-refractivity contribution in [1.29, 1.82) is 0 Å². The maximum Gasteiger partial charge on any atom is 0.407 e. The van der Waals surface area contributed by atoms with E-state index in [1.54, 1.807) is 6.07 Å². The zero-order valence-electron chi connectivity index (χ0n) is 21.9. The largest absolute Gasteiger partial charge is 0.467 e. The van der Waals surface area contributed by atoms with Gasteiger partial charge in [0.05, 0.1) is 7.11 Å². The fourth-order valence-corrected chi connectivity index (χ4v) is 4.42. The number of benzene rings is 1. The van der Waals surface area contributed by atoms with Gasteiger partial charge in [-0.25, -0.2) is 9.59 Å². The molecular formula is C26H38ClN3O6. The average Bonchev–Trinajstić information content (AvgIpc) is 3.20. The van der Waals surface area contributed by atoms with Crippen molar-refractivity contribution < 1.29 is 28.7 Å². The minimum absolute atomic E-state index is 0.0614. The third-order valence-corrected chi connectivity index (χ3v) is 6.57. The van der Waals surface area contributed by atoms with E-state index in [9.17, 15) is 19.2 Å². The van der Waals surface area contributed by atoms with E-state index in [1.807, 2.05) is 45.9 Å². The molecule has 1 aliphatic heterocycles. The van der Waals surface area contributed by atoms with E-state index in [2.05, 4.69) is 16.0 Å². The maximum atomic E-state index is 13.3. The van der Waals surface area contributed by atoms with E-state index < -0.39 is 40.9 Å². The number of hydrogen-bond donors (Lipinski definition) is 3. The van der Waals surface area contributed by atoms with Crippen LogP contribution in [0.2, 0.25) is 5.02 Å². The Morgan fingerprint density at radius 2 is 1.92 bits per heavy atom. The molecule has 1 aromatic rings. The standard InChI is InChI=1S/C26H38ClN3O6/c1-16(2)12-20(29-24(34)36-15-25(3,4)18-8-7-9-19(27)13-18)22(32)30-26(5,23(33)35-6)14-17-10-11-28-21(17)31/h7-9,13,16-17,20H,10-12,14-15H2,1-6H3,(H,28,31)(H,29,34)(H,30,32). The van der Waals surface area contributed by atoms with E-state index in [0.717, 1.165) is 5.56 Å². The third kappa shape index (κ3) is 8.11. The predicted octanol–water partition coefficient (Wildman–Crippen LogP) is 3.33. The first-order valence-electron chi connectivity index (χ1n) is 12.1. The van der Waals surface area contributed by atoms with Crippen LogP contribution in [0.4, 0.5) is 4.79 Å². The van der Waals surface area contributed by atoms with Crippen molar-refractivity contribution in [2.45, 2.75) is 70.9 Å². The Bertz CT molecular complexity index is 967. The number of esters is 1. The second-order valence-corrected chi connectivity index (χ2v) is 11.0. The van der Waals surface area contributed by atoms with Crippen LogP contribution in [0, 0.1) is 11.8 Å². The predicted molar refractivity (Wildman–Crippen MR) is 137 cm³/mol. The van der Waals surface area contributed by atoms with Crippen molar-refractivity contribution in [3.05, 3.63) is 34.9 Å². The number of alkyl carbamates (subject to hydrolysis) is 1. The van der Waals surface area contributed by atoms with Crippen LogP contribution in [0.25, 0.3) is 0 Å². The van der Waals surface area contributed by atoms with E-state index in [0.29, 0.717) is 24.4 Å². The number of amides is 3. The fraction of sp³-hybridized carbons (Fsp3) is 0.615. The lowest BCUT2D eigenvalue weighted by molar-refractivity contribution is -0.151. The number of ether oxygens (including phenoxy) is 2. The Kier molecular flexibility index (Phi) is 10.2. The summed E-state index contributed by atoms with van der Waals surface area (Å²) in [5.74, 6) is -1.74. The number of carbonyl (C=O) groups excluding carboxylic acids is 4. The van der Waals surface area contributed by atoms with Gasteiger partial charge in [0.25, 0.3) is 0 Å². The molecule has 36 heavy (non-hydrogen) atoms. The van der Waals surface area contributed by atoms with E-state index in [4.69, 9.17) is 21.1 Å². The van der Waals surface area contributed by atoms with Crippen molar-refractivity contribution in [3.63, 3.8) is 0 Å². The van der Waals surface area contributed by atoms with Gasteiger partial charge >= 0.3 is 12.1 Å². The maximum absolute atomic E-state index is 13.3. The second-order valence-electron chi connectivity index (χ2n) is 10.6. The molecule has 1 fully saturated rings. The minimum atomic E-state index is -1.44. The highest BCUT2D eigenvalue weighted by atomic mass is 35.5. The third-order valence-electron chi connectivity index (χ3n) is 6.34. The number of nitrogens with one attached hydrogen (secondary N) is 3. The lowest BCUT2D eigenvalue weighted by atomic mass is 9.86. The SMILES string of the molecule is COC(=O)C(C)(CC1CCNC1=O)NC(=O)C(CC(C)C)NC(=O)OCC(C)(C)c1cccc(Cl)c1. The Morgan fingerprint density at radius 1 is 1.22 bits per heavy atom. The molecule has 1 aromatic carbocycles. The van der Waals surface area contributed by atoms with E-state index >= 15 is 0 Å². The molecule has 3 unspecified atom stereocenters. The lowest BCUT2D eigenvalue weighted by Crippen LogP contribution is -2.59. The normalized spacial score (nSPS) is 18.1. The minimum Gasteiger partial charge on any atom is -0.467 e. The molecule has 1 heterocycles. The summed E-state index contributed by atoms with van der Waals surface area (Å²) in [7, 11) is 1.23. The van der Waals surface area contributed by atoms with Crippen LogP contribution < -0.4 is 16.0 Å². The van der Waals surface area contributed by atoms with Crippen molar-refractivity contribution in [2.24, 2.45) is 11.8 Å². The van der Waals surface area contributed by atoms with Crippen molar-refractivity contribution >= 4 is 35.5 Å². The van der Waals surface area contributed by atoms with Crippen LogP contribution in [-0.4, -0.2) is 55.7 Å². The van der Waals surface area contributed by atoms with Gasteiger partial charge in [0.2, 0.25) is 11.8 Å². The molecule has 0 spiro atoms. The molecule has 3 atom stereocenters. The lowest BCUT2D eigenvalue weighted by Gasteiger charge is -2.32. The van der Waals surface area contributed by atoms with Gasteiger partial charge in [-0.2, -0.15) is 0 Å². The highest BCUT2D eigenvalue weighted by molar-refractivity contribution is 6.30. The number of hydrogen-bond acceptors (Lipinski definition) is 6. The number of rotatable bonds is 11. The highest BCUT2D eigenvalue weighted by Gasteiger charge is 2.42. The van der Waals surface area contributed by atoms with Crippen LogP contribution in [0.15, 0.2) is 24.3 Å². The van der Waals surface area contributed by atoms with Crippen LogP contribution in [0.5, 0.6) is 0 Å². The van der Waals surface area contributed by atoms with E-state index in [-0.39, 0.29) is 24.9 Å². The number of halogens is 1. The second kappa shape index (κ2) is 12.4. The molecule has 0 aliphatic carbocycles. The van der Waals surface area contributed by atoms with Gasteiger partial charge in [-0.15, -0.1) is 0 Å². The molecule has 0 radical (unpaired) electrons. The van der Waals surface area contributed by atoms with Crippen LogP contribution >= 0.6 is 11.6 Å².